The van der Waals surface area contributed by atoms with Gasteiger partial charge in [0.1, 0.15) is 6.26 Å². The molecule has 0 fully saturated rings. The van der Waals surface area contributed by atoms with Crippen molar-refractivity contribution in [2.75, 3.05) is 6.26 Å². The standard InChI is InChI=1S/C8H8OS/c1-7-3-5-8(6-4-7)10(2)9/h1,3-6H,2H3. The van der Waals surface area contributed by atoms with Gasteiger partial charge < -0.3 is 4.55 Å². The third-order valence-corrected chi connectivity index (χ3v) is 2.15. The smallest absolute Gasteiger partial charge is 0.152 e. The lowest BCUT2D eigenvalue weighted by Crippen LogP contribution is -1.95. The van der Waals surface area contributed by atoms with Crippen molar-refractivity contribution in [3.05, 3.63) is 36.8 Å². The third kappa shape index (κ3) is 1.75. The van der Waals surface area contributed by atoms with Crippen molar-refractivity contribution >= 4 is 11.2 Å². The van der Waals surface area contributed by atoms with Gasteiger partial charge >= 0.3 is 0 Å². The fourth-order valence-electron chi connectivity index (χ4n) is 0.659. The van der Waals surface area contributed by atoms with Crippen LogP contribution in [-0.4, -0.2) is 10.8 Å². The SMILES string of the molecule is [CH]c1ccc([S+](C)[O-])cc1. The van der Waals surface area contributed by atoms with E-state index in [0.29, 0.717) is 5.56 Å². The molecule has 0 aromatic heterocycles. The summed E-state index contributed by atoms with van der Waals surface area (Å²) in [6.07, 6.45) is 1.64. The predicted octanol–water partition coefficient (Wildman–Crippen LogP) is 1.48. The Bertz CT molecular complexity index is 203. The number of hydrogen-bond acceptors (Lipinski definition) is 1. The average Bonchev–Trinajstić information content (AvgIpc) is 1.88. The Labute approximate surface area is 64.3 Å². The molecule has 52 valence electrons. The molecule has 1 nitrogen and oxygen atoms in total. The van der Waals surface area contributed by atoms with Crippen molar-refractivity contribution in [2.24, 2.45) is 0 Å². The minimum atomic E-state index is -0.893. The molecule has 1 rings (SSSR count). The summed E-state index contributed by atoms with van der Waals surface area (Å²) in [5.41, 5.74) is 0.703. The molecule has 0 saturated heterocycles. The van der Waals surface area contributed by atoms with Gasteiger partial charge in [-0.25, -0.2) is 0 Å². The van der Waals surface area contributed by atoms with Gasteiger partial charge in [0.05, 0.1) is 0 Å². The first-order valence-corrected chi connectivity index (χ1v) is 4.45. The van der Waals surface area contributed by atoms with Crippen LogP contribution < -0.4 is 0 Å². The van der Waals surface area contributed by atoms with Crippen molar-refractivity contribution in [3.63, 3.8) is 0 Å². The van der Waals surface area contributed by atoms with E-state index in [1.165, 1.54) is 0 Å². The topological polar surface area (TPSA) is 23.1 Å². The van der Waals surface area contributed by atoms with Gasteiger partial charge in [-0.15, -0.1) is 0 Å². The van der Waals surface area contributed by atoms with Crippen LogP contribution in [0.25, 0.3) is 0 Å². The van der Waals surface area contributed by atoms with Gasteiger partial charge in [0.25, 0.3) is 0 Å². The molecule has 0 aliphatic carbocycles. The van der Waals surface area contributed by atoms with Gasteiger partial charge in [-0.2, -0.15) is 0 Å². The molecule has 0 spiro atoms. The molecule has 2 radical (unpaired) electrons. The number of rotatable bonds is 1. The second-order valence-electron chi connectivity index (χ2n) is 2.02. The maximum Gasteiger partial charge on any atom is 0.152 e. The van der Waals surface area contributed by atoms with Crippen LogP contribution in [0.15, 0.2) is 29.2 Å². The summed E-state index contributed by atoms with van der Waals surface area (Å²) < 4.78 is 10.8. The van der Waals surface area contributed by atoms with E-state index in [1.807, 2.05) is 0 Å². The van der Waals surface area contributed by atoms with Crippen LogP contribution in [0.2, 0.25) is 0 Å². The monoisotopic (exact) mass is 152 g/mol. The molecule has 0 heterocycles. The Hall–Kier alpha value is -0.470. The molecule has 0 bridgehead atoms. The lowest BCUT2D eigenvalue weighted by atomic mass is 10.2. The predicted molar refractivity (Wildman–Crippen MR) is 42.2 cm³/mol. The molecule has 0 aliphatic rings. The van der Waals surface area contributed by atoms with E-state index in [1.54, 1.807) is 30.5 Å². The summed E-state index contributed by atoms with van der Waals surface area (Å²) in [6.45, 7) is 5.43. The maximum absolute atomic E-state index is 10.8. The first-order valence-electron chi connectivity index (χ1n) is 2.89. The van der Waals surface area contributed by atoms with Gasteiger partial charge in [-0.05, 0) is 35.8 Å². The lowest BCUT2D eigenvalue weighted by Gasteiger charge is -2.02. The molecule has 0 aliphatic heterocycles. The van der Waals surface area contributed by atoms with E-state index in [2.05, 4.69) is 0 Å². The minimum Gasteiger partial charge on any atom is -0.612 e. The second kappa shape index (κ2) is 3.08. The van der Waals surface area contributed by atoms with Crippen LogP contribution in [0.1, 0.15) is 5.56 Å². The van der Waals surface area contributed by atoms with E-state index >= 15 is 0 Å². The maximum atomic E-state index is 10.8. The average molecular weight is 152 g/mol. The Morgan fingerprint density at radius 3 is 2.20 bits per heavy atom. The fraction of sp³-hybridized carbons (Fsp3) is 0.125. The van der Waals surface area contributed by atoms with Gasteiger partial charge in [0.2, 0.25) is 0 Å². The highest BCUT2D eigenvalue weighted by molar-refractivity contribution is 7.90. The fourth-order valence-corrected chi connectivity index (χ4v) is 1.18. The van der Waals surface area contributed by atoms with Crippen LogP contribution in [0.3, 0.4) is 0 Å². The summed E-state index contributed by atoms with van der Waals surface area (Å²) in [4.78, 5) is 0.814. The molecular formula is C8H8OS. The Balaban J connectivity index is 2.89. The highest BCUT2D eigenvalue weighted by Crippen LogP contribution is 2.08. The van der Waals surface area contributed by atoms with Crippen molar-refractivity contribution in [3.8, 4) is 0 Å². The molecule has 1 atom stereocenters. The Morgan fingerprint density at radius 1 is 1.30 bits per heavy atom. The van der Waals surface area contributed by atoms with Crippen LogP contribution in [0.5, 0.6) is 0 Å². The zero-order valence-electron chi connectivity index (χ0n) is 5.70. The zero-order valence-corrected chi connectivity index (χ0v) is 6.52. The molecule has 1 aromatic rings. The second-order valence-corrected chi connectivity index (χ2v) is 3.40. The molecule has 0 saturated carbocycles. The zero-order chi connectivity index (χ0) is 7.56. The van der Waals surface area contributed by atoms with Crippen molar-refractivity contribution in [1.29, 1.82) is 0 Å². The van der Waals surface area contributed by atoms with Crippen LogP contribution >= 0.6 is 0 Å². The minimum absolute atomic E-state index is 0.703. The van der Waals surface area contributed by atoms with E-state index in [-0.39, 0.29) is 0 Å². The highest BCUT2D eigenvalue weighted by Gasteiger charge is 2.00. The van der Waals surface area contributed by atoms with E-state index in [0.717, 1.165) is 4.90 Å². The van der Waals surface area contributed by atoms with E-state index in [9.17, 15) is 4.55 Å². The molecule has 1 aromatic carbocycles. The van der Waals surface area contributed by atoms with Crippen LogP contribution in [0, 0.1) is 6.92 Å². The lowest BCUT2D eigenvalue weighted by molar-refractivity contribution is 0.601. The summed E-state index contributed by atoms with van der Waals surface area (Å²) in [5, 5.41) is 0. The number of benzene rings is 1. The van der Waals surface area contributed by atoms with E-state index in [4.69, 9.17) is 6.92 Å². The first-order chi connectivity index (χ1) is 4.70. The van der Waals surface area contributed by atoms with Gasteiger partial charge in [0.15, 0.2) is 4.90 Å². The first kappa shape index (κ1) is 7.63. The van der Waals surface area contributed by atoms with Gasteiger partial charge in [0, 0.05) is 0 Å². The highest BCUT2D eigenvalue weighted by atomic mass is 32.2. The summed E-state index contributed by atoms with van der Waals surface area (Å²) in [7, 11) is 0. The van der Waals surface area contributed by atoms with Crippen molar-refractivity contribution < 1.29 is 4.55 Å². The summed E-state index contributed by atoms with van der Waals surface area (Å²) in [6, 6.07) is 7.03. The Morgan fingerprint density at radius 2 is 1.80 bits per heavy atom. The largest absolute Gasteiger partial charge is 0.612 e. The molecule has 10 heavy (non-hydrogen) atoms. The summed E-state index contributed by atoms with van der Waals surface area (Å²) in [5.74, 6) is 0. The normalized spacial score (nSPS) is 13.1. The molecule has 2 heteroatoms. The van der Waals surface area contributed by atoms with Crippen LogP contribution in [-0.2, 0) is 11.2 Å². The van der Waals surface area contributed by atoms with Gasteiger partial charge in [-0.1, -0.05) is 12.1 Å². The van der Waals surface area contributed by atoms with Gasteiger partial charge in [-0.3, -0.25) is 0 Å². The molecule has 1 unspecified atom stereocenters. The quantitative estimate of drug-likeness (QED) is 0.559. The van der Waals surface area contributed by atoms with E-state index < -0.39 is 11.2 Å². The molecular weight excluding hydrogens is 144 g/mol. The number of hydrogen-bond donors (Lipinski definition) is 0. The van der Waals surface area contributed by atoms with Crippen molar-refractivity contribution in [2.45, 2.75) is 4.90 Å². The summed E-state index contributed by atoms with van der Waals surface area (Å²) >= 11 is -0.893. The third-order valence-electron chi connectivity index (χ3n) is 1.21. The molecule has 0 N–H and O–H groups in total. The van der Waals surface area contributed by atoms with Crippen LogP contribution in [0.4, 0.5) is 0 Å². The molecule has 0 amide bonds. The Kier molecular flexibility index (Phi) is 2.35. The van der Waals surface area contributed by atoms with Crippen molar-refractivity contribution in [1.82, 2.24) is 0 Å².